The maximum Gasteiger partial charge on any atom is 0.313 e. The van der Waals surface area contributed by atoms with Crippen LogP contribution in [-0.4, -0.2) is 43.4 Å². The van der Waals surface area contributed by atoms with Crippen LogP contribution in [0.2, 0.25) is 0 Å². The minimum absolute atomic E-state index is 0.155. The Hall–Kier alpha value is -1.90. The number of carboxylic acid groups (broad SMARTS) is 1. The smallest absolute Gasteiger partial charge is 0.313 e. The topological polar surface area (TPSA) is 114 Å². The van der Waals surface area contributed by atoms with Crippen LogP contribution in [0.4, 0.5) is 0 Å². The van der Waals surface area contributed by atoms with Crippen LogP contribution >= 0.6 is 11.8 Å². The molecule has 1 aromatic rings. The number of aryl methyl sites for hydroxylation is 1. The summed E-state index contributed by atoms with van der Waals surface area (Å²) in [5.41, 5.74) is 0. The summed E-state index contributed by atoms with van der Waals surface area (Å²) in [6.07, 6.45) is 2.09. The number of aliphatic carboxylic acids is 1. The van der Waals surface area contributed by atoms with Gasteiger partial charge < -0.3 is 5.11 Å². The van der Waals surface area contributed by atoms with Crippen molar-refractivity contribution in [3.63, 3.8) is 0 Å². The summed E-state index contributed by atoms with van der Waals surface area (Å²) in [5.74, 6) is -1.16. The Kier molecular flexibility index (Phi) is 4.94. The van der Waals surface area contributed by atoms with E-state index >= 15 is 0 Å². The predicted molar refractivity (Wildman–Crippen MR) is 73.8 cm³/mol. The summed E-state index contributed by atoms with van der Waals surface area (Å²) < 4.78 is 1.67. The molecule has 2 rings (SSSR count). The molecule has 1 aliphatic rings. The van der Waals surface area contributed by atoms with Gasteiger partial charge in [0.15, 0.2) is 5.16 Å². The van der Waals surface area contributed by atoms with Crippen molar-refractivity contribution in [2.45, 2.75) is 43.8 Å². The molecule has 8 nitrogen and oxygen atoms in total. The van der Waals surface area contributed by atoms with Crippen LogP contribution in [0, 0.1) is 0 Å². The van der Waals surface area contributed by atoms with Crippen LogP contribution in [0.5, 0.6) is 0 Å². The van der Waals surface area contributed by atoms with E-state index in [1.165, 1.54) is 0 Å². The fourth-order valence-electron chi connectivity index (χ4n) is 2.17. The van der Waals surface area contributed by atoms with Gasteiger partial charge in [-0.3, -0.25) is 24.3 Å². The third-order valence-electron chi connectivity index (χ3n) is 3.06. The predicted octanol–water partition coefficient (Wildman–Crippen LogP) is 0.385. The summed E-state index contributed by atoms with van der Waals surface area (Å²) in [6.45, 7) is 1.98. The molecule has 0 aliphatic carbocycles. The Morgan fingerprint density at radius 1 is 1.48 bits per heavy atom. The molecule has 1 atom stereocenters. The van der Waals surface area contributed by atoms with Gasteiger partial charge in [-0.15, -0.1) is 10.2 Å². The van der Waals surface area contributed by atoms with Crippen molar-refractivity contribution in [1.29, 1.82) is 0 Å². The molecule has 2 amide bonds. The van der Waals surface area contributed by atoms with E-state index in [-0.39, 0.29) is 24.0 Å². The number of piperidine rings is 1. The average molecular weight is 312 g/mol. The van der Waals surface area contributed by atoms with Crippen molar-refractivity contribution in [3.8, 4) is 0 Å². The lowest BCUT2D eigenvalue weighted by molar-refractivity contribution is -0.136. The van der Waals surface area contributed by atoms with Crippen molar-refractivity contribution in [2.75, 3.05) is 5.75 Å². The lowest BCUT2D eigenvalue weighted by atomic mass is 10.1. The zero-order valence-electron chi connectivity index (χ0n) is 11.5. The van der Waals surface area contributed by atoms with Crippen molar-refractivity contribution >= 4 is 29.5 Å². The van der Waals surface area contributed by atoms with Crippen molar-refractivity contribution in [1.82, 2.24) is 20.1 Å². The molecule has 0 radical (unpaired) electrons. The van der Waals surface area contributed by atoms with Crippen LogP contribution in [0.15, 0.2) is 5.16 Å². The molecule has 9 heteroatoms. The van der Waals surface area contributed by atoms with E-state index in [1.54, 1.807) is 4.57 Å². The normalized spacial score (nSPS) is 18.6. The first-order valence-corrected chi connectivity index (χ1v) is 7.63. The lowest BCUT2D eigenvalue weighted by Gasteiger charge is -2.24. The minimum atomic E-state index is -0.963. The molecule has 0 aromatic carbocycles. The SMILES string of the molecule is CCCc1nnc(SCC(=O)O)n1C1CCC(=O)NC1=O. The molecule has 0 bridgehead atoms. The van der Waals surface area contributed by atoms with Crippen molar-refractivity contribution in [3.05, 3.63) is 5.82 Å². The molecule has 1 saturated heterocycles. The fourth-order valence-corrected chi connectivity index (χ4v) is 2.89. The zero-order valence-corrected chi connectivity index (χ0v) is 12.4. The second-order valence-corrected chi connectivity index (χ2v) is 5.61. The van der Waals surface area contributed by atoms with Crippen molar-refractivity contribution in [2.24, 2.45) is 0 Å². The fraction of sp³-hybridized carbons (Fsp3) is 0.583. The number of thioether (sulfide) groups is 1. The molecule has 1 aromatic heterocycles. The first-order valence-electron chi connectivity index (χ1n) is 6.65. The lowest BCUT2D eigenvalue weighted by Crippen LogP contribution is -2.42. The van der Waals surface area contributed by atoms with E-state index < -0.39 is 12.0 Å². The molecule has 21 heavy (non-hydrogen) atoms. The number of amides is 2. The van der Waals surface area contributed by atoms with E-state index in [2.05, 4.69) is 15.5 Å². The first kappa shape index (κ1) is 15.5. The Bertz CT molecular complexity index is 572. The molecule has 0 saturated carbocycles. The van der Waals surface area contributed by atoms with Gasteiger partial charge in [-0.2, -0.15) is 0 Å². The molecule has 2 heterocycles. The van der Waals surface area contributed by atoms with Gasteiger partial charge in [0.2, 0.25) is 11.8 Å². The van der Waals surface area contributed by atoms with E-state index in [1.807, 2.05) is 6.92 Å². The summed E-state index contributed by atoms with van der Waals surface area (Å²) in [7, 11) is 0. The average Bonchev–Trinajstić information content (AvgIpc) is 2.80. The Morgan fingerprint density at radius 3 is 2.86 bits per heavy atom. The van der Waals surface area contributed by atoms with E-state index in [9.17, 15) is 14.4 Å². The molecule has 1 unspecified atom stereocenters. The Labute approximate surface area is 125 Å². The summed E-state index contributed by atoms with van der Waals surface area (Å²) >= 11 is 1.02. The number of carbonyl (C=O) groups is 3. The highest BCUT2D eigenvalue weighted by Gasteiger charge is 2.32. The maximum absolute atomic E-state index is 12.0. The number of nitrogens with zero attached hydrogens (tertiary/aromatic N) is 3. The van der Waals surface area contributed by atoms with E-state index in [0.29, 0.717) is 23.8 Å². The van der Waals surface area contributed by atoms with E-state index in [0.717, 1.165) is 18.2 Å². The number of imide groups is 1. The van der Waals surface area contributed by atoms with Crippen LogP contribution in [0.1, 0.15) is 38.1 Å². The number of carbonyl (C=O) groups excluding carboxylic acids is 2. The van der Waals surface area contributed by atoms with Gasteiger partial charge in [-0.25, -0.2) is 0 Å². The second-order valence-electron chi connectivity index (χ2n) is 4.67. The number of hydrogen-bond acceptors (Lipinski definition) is 6. The van der Waals surface area contributed by atoms with Gasteiger partial charge >= 0.3 is 5.97 Å². The minimum Gasteiger partial charge on any atom is -0.481 e. The van der Waals surface area contributed by atoms with Gasteiger partial charge in [0.25, 0.3) is 0 Å². The number of rotatable bonds is 6. The summed E-state index contributed by atoms with van der Waals surface area (Å²) in [4.78, 5) is 34.0. The first-order chi connectivity index (χ1) is 10.0. The van der Waals surface area contributed by atoms with Crippen LogP contribution in [-0.2, 0) is 20.8 Å². The Morgan fingerprint density at radius 2 is 2.24 bits per heavy atom. The largest absolute Gasteiger partial charge is 0.481 e. The number of hydrogen-bond donors (Lipinski definition) is 2. The quantitative estimate of drug-likeness (QED) is 0.576. The highest BCUT2D eigenvalue weighted by molar-refractivity contribution is 7.99. The molecular formula is C12H16N4O4S. The second kappa shape index (κ2) is 6.70. The number of aromatic nitrogens is 3. The summed E-state index contributed by atoms with van der Waals surface area (Å²) in [5, 5.41) is 19.5. The van der Waals surface area contributed by atoms with Crippen LogP contribution in [0.3, 0.4) is 0 Å². The highest BCUT2D eigenvalue weighted by Crippen LogP contribution is 2.27. The van der Waals surface area contributed by atoms with Crippen molar-refractivity contribution < 1.29 is 19.5 Å². The van der Waals surface area contributed by atoms with Gasteiger partial charge in [0, 0.05) is 12.8 Å². The Balaban J connectivity index is 2.29. The van der Waals surface area contributed by atoms with Gasteiger partial charge in [-0.1, -0.05) is 18.7 Å². The molecule has 0 spiro atoms. The number of nitrogens with one attached hydrogen (secondary N) is 1. The third kappa shape index (κ3) is 3.60. The number of carboxylic acids is 1. The van der Waals surface area contributed by atoms with Crippen LogP contribution < -0.4 is 5.32 Å². The van der Waals surface area contributed by atoms with E-state index in [4.69, 9.17) is 5.11 Å². The zero-order chi connectivity index (χ0) is 15.4. The highest BCUT2D eigenvalue weighted by atomic mass is 32.2. The monoisotopic (exact) mass is 312 g/mol. The summed E-state index contributed by atoms with van der Waals surface area (Å²) in [6, 6.07) is -0.560. The standard InChI is InChI=1S/C12H16N4O4S/c1-2-3-8-14-15-12(21-6-10(18)19)16(8)7-4-5-9(17)13-11(7)20/h7H,2-6H2,1H3,(H,18,19)(H,13,17,20). The molecular weight excluding hydrogens is 296 g/mol. The molecule has 2 N–H and O–H groups in total. The third-order valence-corrected chi connectivity index (χ3v) is 3.98. The van der Waals surface area contributed by atoms with Gasteiger partial charge in [-0.05, 0) is 12.8 Å². The maximum atomic E-state index is 12.0. The molecule has 1 fully saturated rings. The molecule has 114 valence electrons. The van der Waals surface area contributed by atoms with Gasteiger partial charge in [0.05, 0.1) is 5.75 Å². The van der Waals surface area contributed by atoms with Crippen LogP contribution in [0.25, 0.3) is 0 Å². The molecule has 1 aliphatic heterocycles. The van der Waals surface area contributed by atoms with Gasteiger partial charge in [0.1, 0.15) is 11.9 Å².